The van der Waals surface area contributed by atoms with Gasteiger partial charge in [-0.1, -0.05) is 78.9 Å². The summed E-state index contributed by atoms with van der Waals surface area (Å²) < 4.78 is 11.4. The number of carbonyl (C=O) groups is 2. The minimum absolute atomic E-state index is 0.0534. The molecule has 2 fully saturated rings. The van der Waals surface area contributed by atoms with Gasteiger partial charge in [0.1, 0.15) is 13.2 Å². The summed E-state index contributed by atoms with van der Waals surface area (Å²) >= 11 is 0. The Morgan fingerprint density at radius 2 is 1.39 bits per heavy atom. The van der Waals surface area contributed by atoms with Crippen molar-refractivity contribution in [2.24, 2.45) is 5.92 Å². The van der Waals surface area contributed by atoms with Crippen LogP contribution in [0.5, 0.6) is 0 Å². The van der Waals surface area contributed by atoms with Crippen LogP contribution in [-0.4, -0.2) is 42.3 Å². The van der Waals surface area contributed by atoms with E-state index in [-0.39, 0.29) is 30.2 Å². The number of nitrogens with zero attached hydrogens (tertiary/aromatic N) is 1. The van der Waals surface area contributed by atoms with Crippen molar-refractivity contribution in [2.75, 3.05) is 13.2 Å². The van der Waals surface area contributed by atoms with E-state index in [4.69, 9.17) is 9.47 Å². The number of hydrogen-bond acceptors (Lipinski definition) is 4. The van der Waals surface area contributed by atoms with Crippen molar-refractivity contribution in [1.29, 1.82) is 0 Å². The van der Waals surface area contributed by atoms with Gasteiger partial charge in [-0.25, -0.2) is 9.59 Å². The summed E-state index contributed by atoms with van der Waals surface area (Å²) in [6, 6.07) is 26.8. The third-order valence-corrected chi connectivity index (χ3v) is 8.37. The van der Waals surface area contributed by atoms with Gasteiger partial charge in [-0.2, -0.15) is 0 Å². The zero-order valence-corrected chi connectivity index (χ0v) is 21.6. The molecule has 0 saturated carbocycles. The molecule has 0 radical (unpaired) electrons. The van der Waals surface area contributed by atoms with E-state index in [0.29, 0.717) is 25.7 Å². The molecular weight excluding hydrogens is 476 g/mol. The van der Waals surface area contributed by atoms with Crippen LogP contribution in [0, 0.1) is 5.92 Å². The van der Waals surface area contributed by atoms with Crippen LogP contribution in [-0.2, 0) is 16.1 Å². The Kier molecular flexibility index (Phi) is 7.04. The fourth-order valence-corrected chi connectivity index (χ4v) is 6.63. The molecule has 2 heterocycles. The zero-order chi connectivity index (χ0) is 25.9. The molecule has 2 atom stereocenters. The lowest BCUT2D eigenvalue weighted by Crippen LogP contribution is -2.56. The van der Waals surface area contributed by atoms with E-state index >= 15 is 0 Å². The molecule has 1 N–H and O–H groups in total. The second kappa shape index (κ2) is 10.9. The number of hydrogen-bond donors (Lipinski definition) is 1. The van der Waals surface area contributed by atoms with Crippen molar-refractivity contribution in [3.63, 3.8) is 0 Å². The Balaban J connectivity index is 1.01. The first-order valence-corrected chi connectivity index (χ1v) is 13.7. The van der Waals surface area contributed by atoms with Crippen LogP contribution in [0.1, 0.15) is 54.7 Å². The Hall–Kier alpha value is -3.80. The molecule has 6 heteroatoms. The molecule has 2 bridgehead atoms. The van der Waals surface area contributed by atoms with Crippen molar-refractivity contribution < 1.29 is 19.1 Å². The van der Waals surface area contributed by atoms with E-state index in [2.05, 4.69) is 41.7 Å². The minimum Gasteiger partial charge on any atom is -0.449 e. The number of amides is 2. The van der Waals surface area contributed by atoms with Crippen LogP contribution in [0.4, 0.5) is 9.59 Å². The van der Waals surface area contributed by atoms with E-state index < -0.39 is 0 Å². The SMILES string of the molecule is O=C(NCC1CC2CCCC(C1)N2C(=O)OCc1ccccc1)OCC1c2ccccc2-c2ccccc21. The maximum Gasteiger partial charge on any atom is 0.410 e. The minimum atomic E-state index is -0.373. The molecule has 1 aliphatic carbocycles. The van der Waals surface area contributed by atoms with Crippen LogP contribution in [0.15, 0.2) is 78.9 Å². The predicted octanol–water partition coefficient (Wildman–Crippen LogP) is 6.50. The second-order valence-electron chi connectivity index (χ2n) is 10.7. The van der Waals surface area contributed by atoms with Crippen molar-refractivity contribution in [3.05, 3.63) is 95.6 Å². The molecule has 3 aromatic rings. The number of carbonyl (C=O) groups excluding carboxylic acids is 2. The topological polar surface area (TPSA) is 67.9 Å². The van der Waals surface area contributed by atoms with E-state index in [1.165, 1.54) is 22.3 Å². The van der Waals surface area contributed by atoms with Gasteiger partial charge in [0.15, 0.2) is 0 Å². The normalized spacial score (nSPS) is 21.8. The molecule has 6 rings (SSSR count). The van der Waals surface area contributed by atoms with Gasteiger partial charge in [0.2, 0.25) is 0 Å². The Labute approximate surface area is 223 Å². The van der Waals surface area contributed by atoms with Crippen LogP contribution >= 0.6 is 0 Å². The summed E-state index contributed by atoms with van der Waals surface area (Å²) in [5.74, 6) is 0.376. The van der Waals surface area contributed by atoms with E-state index in [1.807, 2.05) is 47.4 Å². The molecule has 2 unspecified atom stereocenters. The first-order chi connectivity index (χ1) is 18.7. The second-order valence-corrected chi connectivity index (χ2v) is 10.7. The molecule has 2 aliphatic heterocycles. The highest BCUT2D eigenvalue weighted by Crippen LogP contribution is 2.44. The molecule has 0 aromatic heterocycles. The first kappa shape index (κ1) is 24.5. The van der Waals surface area contributed by atoms with Gasteiger partial charge in [0.25, 0.3) is 0 Å². The van der Waals surface area contributed by atoms with Gasteiger partial charge in [-0.3, -0.25) is 0 Å². The number of piperidine rings is 2. The standard InChI is InChI=1S/C32H34N2O4/c35-31(37-21-30-28-15-6-4-13-26(28)27-14-5-7-16-29(27)30)33-19-23-17-24-11-8-12-25(18-23)34(24)32(36)38-20-22-9-2-1-3-10-22/h1-7,9-10,13-16,23-25,30H,8,11-12,17-21H2,(H,33,35). The molecule has 196 valence electrons. The number of nitrogens with one attached hydrogen (secondary N) is 1. The lowest BCUT2D eigenvalue weighted by atomic mass is 9.78. The summed E-state index contributed by atoms with van der Waals surface area (Å²) in [6.07, 6.45) is 4.26. The molecular formula is C32H34N2O4. The van der Waals surface area contributed by atoms with Gasteiger partial charge in [-0.05, 0) is 65.8 Å². The third kappa shape index (κ3) is 5.00. The third-order valence-electron chi connectivity index (χ3n) is 8.37. The number of benzene rings is 3. The molecule has 6 nitrogen and oxygen atoms in total. The smallest absolute Gasteiger partial charge is 0.410 e. The lowest BCUT2D eigenvalue weighted by Gasteiger charge is -2.48. The highest BCUT2D eigenvalue weighted by molar-refractivity contribution is 5.79. The Bertz CT molecular complexity index is 1230. The van der Waals surface area contributed by atoms with Crippen LogP contribution < -0.4 is 5.32 Å². The van der Waals surface area contributed by atoms with Gasteiger partial charge in [0, 0.05) is 24.5 Å². The van der Waals surface area contributed by atoms with Gasteiger partial charge in [-0.15, -0.1) is 0 Å². The number of fused-ring (bicyclic) bond motifs is 5. The van der Waals surface area contributed by atoms with Crippen LogP contribution in [0.25, 0.3) is 11.1 Å². The largest absolute Gasteiger partial charge is 0.449 e. The summed E-state index contributed by atoms with van der Waals surface area (Å²) in [5, 5.41) is 3.01. The number of rotatable bonds is 6. The quantitative estimate of drug-likeness (QED) is 0.411. The molecule has 0 spiro atoms. The maximum atomic E-state index is 13.0. The molecule has 2 saturated heterocycles. The van der Waals surface area contributed by atoms with Crippen molar-refractivity contribution in [3.8, 4) is 11.1 Å². The van der Waals surface area contributed by atoms with Crippen molar-refractivity contribution >= 4 is 12.2 Å². The van der Waals surface area contributed by atoms with Crippen molar-refractivity contribution in [2.45, 2.75) is 56.7 Å². The molecule has 38 heavy (non-hydrogen) atoms. The van der Waals surface area contributed by atoms with Gasteiger partial charge < -0.3 is 19.7 Å². The van der Waals surface area contributed by atoms with Gasteiger partial charge in [0.05, 0.1) is 0 Å². The first-order valence-electron chi connectivity index (χ1n) is 13.7. The monoisotopic (exact) mass is 510 g/mol. The fourth-order valence-electron chi connectivity index (χ4n) is 6.63. The van der Waals surface area contributed by atoms with Crippen molar-refractivity contribution in [1.82, 2.24) is 10.2 Å². The summed E-state index contributed by atoms with van der Waals surface area (Å²) in [5.41, 5.74) is 5.85. The lowest BCUT2D eigenvalue weighted by molar-refractivity contribution is 0.00318. The molecule has 3 aromatic carbocycles. The summed E-state index contributed by atoms with van der Waals surface area (Å²) in [4.78, 5) is 27.6. The van der Waals surface area contributed by atoms with E-state index in [0.717, 1.165) is 37.7 Å². The number of alkyl carbamates (subject to hydrolysis) is 1. The van der Waals surface area contributed by atoms with Gasteiger partial charge >= 0.3 is 12.2 Å². The van der Waals surface area contributed by atoms with E-state index in [9.17, 15) is 9.59 Å². The highest BCUT2D eigenvalue weighted by atomic mass is 16.6. The fraction of sp³-hybridized carbons (Fsp3) is 0.375. The highest BCUT2D eigenvalue weighted by Gasteiger charge is 2.41. The number of ether oxygens (including phenoxy) is 2. The molecule has 2 amide bonds. The predicted molar refractivity (Wildman–Crippen MR) is 146 cm³/mol. The van der Waals surface area contributed by atoms with E-state index in [1.54, 1.807) is 0 Å². The Morgan fingerprint density at radius 3 is 2.05 bits per heavy atom. The molecule has 3 aliphatic rings. The summed E-state index contributed by atoms with van der Waals surface area (Å²) in [7, 11) is 0. The Morgan fingerprint density at radius 1 is 0.789 bits per heavy atom. The van der Waals surface area contributed by atoms with Crippen LogP contribution in [0.2, 0.25) is 0 Å². The average molecular weight is 511 g/mol. The maximum absolute atomic E-state index is 13.0. The zero-order valence-electron chi connectivity index (χ0n) is 21.6. The average Bonchev–Trinajstić information content (AvgIpc) is 3.27. The summed E-state index contributed by atoms with van der Waals surface area (Å²) in [6.45, 7) is 1.18. The van der Waals surface area contributed by atoms with Crippen LogP contribution in [0.3, 0.4) is 0 Å².